The number of imidazole rings is 1. The van der Waals surface area contributed by atoms with Crippen molar-refractivity contribution in [1.29, 1.82) is 0 Å². The summed E-state index contributed by atoms with van der Waals surface area (Å²) in [6.45, 7) is 0.537. The monoisotopic (exact) mass is 404 g/mol. The summed E-state index contributed by atoms with van der Waals surface area (Å²) in [5.74, 6) is 0. The fourth-order valence-corrected chi connectivity index (χ4v) is 5.78. The van der Waals surface area contributed by atoms with E-state index >= 15 is 0 Å². The van der Waals surface area contributed by atoms with Crippen LogP contribution >= 0.6 is 11.3 Å². The van der Waals surface area contributed by atoms with E-state index in [1.807, 2.05) is 29.5 Å². The van der Waals surface area contributed by atoms with Crippen molar-refractivity contribution < 1.29 is 4.74 Å². The summed E-state index contributed by atoms with van der Waals surface area (Å²) in [6, 6.07) is 30.8. The second kappa shape index (κ2) is 5.94. The first kappa shape index (κ1) is 16.2. The van der Waals surface area contributed by atoms with E-state index in [0.29, 0.717) is 12.6 Å². The fraction of sp³-hybridized carbons (Fsp3) is 0.0385. The summed E-state index contributed by atoms with van der Waals surface area (Å²) in [5.41, 5.74) is 6.87. The molecule has 7 rings (SSSR count). The van der Waals surface area contributed by atoms with E-state index in [9.17, 15) is 0 Å². The fourth-order valence-electron chi connectivity index (χ4n) is 4.54. The summed E-state index contributed by atoms with van der Waals surface area (Å²) >= 11 is 1.87. The van der Waals surface area contributed by atoms with Gasteiger partial charge in [-0.15, -0.1) is 11.3 Å². The molecule has 3 heterocycles. The van der Waals surface area contributed by atoms with Gasteiger partial charge in [-0.25, -0.2) is 0 Å². The van der Waals surface area contributed by atoms with Crippen molar-refractivity contribution in [2.75, 3.05) is 0 Å². The lowest BCUT2D eigenvalue weighted by atomic mass is 9.99. The Morgan fingerprint density at radius 2 is 1.70 bits per heavy atom. The highest BCUT2D eigenvalue weighted by Crippen LogP contribution is 2.41. The molecule has 4 heteroatoms. The summed E-state index contributed by atoms with van der Waals surface area (Å²) in [7, 11) is 0. The predicted octanol–water partition coefficient (Wildman–Crippen LogP) is 6.95. The zero-order valence-corrected chi connectivity index (χ0v) is 16.8. The molecule has 1 aliphatic heterocycles. The van der Waals surface area contributed by atoms with E-state index in [-0.39, 0.29) is 0 Å². The van der Waals surface area contributed by atoms with Crippen LogP contribution in [0.4, 0.5) is 0 Å². The van der Waals surface area contributed by atoms with Gasteiger partial charge in [0.25, 0.3) is 0 Å². The summed E-state index contributed by atoms with van der Waals surface area (Å²) < 4.78 is 10.8. The molecule has 6 aromatic rings. The van der Waals surface area contributed by atoms with E-state index in [1.165, 1.54) is 36.9 Å². The Bertz CT molecular complexity index is 1610. The maximum absolute atomic E-state index is 6.02. The van der Waals surface area contributed by atoms with Gasteiger partial charge in [0.15, 0.2) is 0 Å². The molecule has 30 heavy (non-hydrogen) atoms. The second-order valence-electron chi connectivity index (χ2n) is 7.63. The highest BCUT2D eigenvalue weighted by Gasteiger charge is 2.22. The number of rotatable bonds is 1. The average Bonchev–Trinajstić information content (AvgIpc) is 3.37. The van der Waals surface area contributed by atoms with Crippen LogP contribution in [0.2, 0.25) is 0 Å². The largest absolute Gasteiger partial charge is 0.459 e. The quantitative estimate of drug-likeness (QED) is 0.296. The molecule has 0 N–H and O–H groups in total. The summed E-state index contributed by atoms with van der Waals surface area (Å²) in [6.07, 6.45) is 0. The number of nitrogens with zero attached hydrogens (tertiary/aromatic N) is 2. The third-order valence-corrected chi connectivity index (χ3v) is 7.14. The molecule has 0 unspecified atom stereocenters. The zero-order valence-electron chi connectivity index (χ0n) is 16.0. The van der Waals surface area contributed by atoms with E-state index in [1.54, 1.807) is 0 Å². The van der Waals surface area contributed by atoms with Gasteiger partial charge in [-0.05, 0) is 41.5 Å². The maximum atomic E-state index is 6.02. The van der Waals surface area contributed by atoms with Gasteiger partial charge < -0.3 is 4.74 Å². The Morgan fingerprint density at radius 3 is 2.70 bits per heavy atom. The van der Waals surface area contributed by atoms with Crippen molar-refractivity contribution in [3.8, 4) is 22.8 Å². The maximum Gasteiger partial charge on any atom is 0.302 e. The highest BCUT2D eigenvalue weighted by molar-refractivity contribution is 7.26. The van der Waals surface area contributed by atoms with Crippen LogP contribution in [0.1, 0.15) is 5.56 Å². The van der Waals surface area contributed by atoms with Crippen LogP contribution in [0.15, 0.2) is 84.9 Å². The first-order valence-corrected chi connectivity index (χ1v) is 10.8. The van der Waals surface area contributed by atoms with Crippen LogP contribution in [0.3, 0.4) is 0 Å². The van der Waals surface area contributed by atoms with Crippen LogP contribution in [0, 0.1) is 0 Å². The first-order chi connectivity index (χ1) is 14.9. The molecular weight excluding hydrogens is 388 g/mol. The smallest absolute Gasteiger partial charge is 0.302 e. The number of thiophene rings is 1. The molecule has 0 saturated heterocycles. The number of fused-ring (bicyclic) bond motifs is 8. The molecule has 4 aromatic carbocycles. The number of hydrogen-bond acceptors (Lipinski definition) is 3. The van der Waals surface area contributed by atoms with Crippen molar-refractivity contribution in [3.63, 3.8) is 0 Å². The van der Waals surface area contributed by atoms with Gasteiger partial charge in [0.1, 0.15) is 6.61 Å². The van der Waals surface area contributed by atoms with Crippen molar-refractivity contribution in [3.05, 3.63) is 90.5 Å². The molecule has 3 nitrogen and oxygen atoms in total. The van der Waals surface area contributed by atoms with Gasteiger partial charge in [-0.2, -0.15) is 4.98 Å². The van der Waals surface area contributed by atoms with E-state index in [2.05, 4.69) is 76.3 Å². The van der Waals surface area contributed by atoms with Crippen LogP contribution < -0.4 is 4.74 Å². The molecule has 2 aromatic heterocycles. The molecule has 0 radical (unpaired) electrons. The van der Waals surface area contributed by atoms with Crippen molar-refractivity contribution in [2.24, 2.45) is 0 Å². The zero-order chi connectivity index (χ0) is 19.7. The predicted molar refractivity (Wildman–Crippen MR) is 124 cm³/mol. The minimum atomic E-state index is 0.537. The van der Waals surface area contributed by atoms with Gasteiger partial charge >= 0.3 is 6.01 Å². The molecule has 0 fully saturated rings. The Hall–Kier alpha value is -3.63. The Balaban J connectivity index is 1.45. The SMILES string of the molecule is c1ccc2c(c1)nc1n2-c2ccc(-c3cccc4c3sc3ccccc34)cc2CO1. The van der Waals surface area contributed by atoms with Gasteiger partial charge in [-0.3, -0.25) is 4.57 Å². The molecule has 0 bridgehead atoms. The number of aromatic nitrogens is 2. The van der Waals surface area contributed by atoms with Crippen LogP contribution in [0.25, 0.3) is 48.0 Å². The first-order valence-electron chi connectivity index (χ1n) is 10.0. The Kier molecular flexibility index (Phi) is 3.21. The molecule has 0 aliphatic carbocycles. The number of ether oxygens (including phenoxy) is 1. The molecule has 0 atom stereocenters. The minimum absolute atomic E-state index is 0.537. The van der Waals surface area contributed by atoms with Gasteiger partial charge in [0.05, 0.1) is 16.7 Å². The lowest BCUT2D eigenvalue weighted by Gasteiger charge is -2.20. The lowest BCUT2D eigenvalue weighted by molar-refractivity contribution is 0.266. The van der Waals surface area contributed by atoms with Gasteiger partial charge in [0, 0.05) is 25.7 Å². The van der Waals surface area contributed by atoms with Crippen molar-refractivity contribution in [2.45, 2.75) is 6.61 Å². The van der Waals surface area contributed by atoms with E-state index in [0.717, 1.165) is 16.7 Å². The number of hydrogen-bond donors (Lipinski definition) is 0. The van der Waals surface area contributed by atoms with Gasteiger partial charge in [-0.1, -0.05) is 54.6 Å². The molecule has 1 aliphatic rings. The average molecular weight is 404 g/mol. The Labute approximate surface area is 176 Å². The van der Waals surface area contributed by atoms with Crippen LogP contribution in [-0.2, 0) is 6.61 Å². The molecule has 0 spiro atoms. The molecular formula is C26H16N2OS. The lowest BCUT2D eigenvalue weighted by Crippen LogP contribution is -2.12. The van der Waals surface area contributed by atoms with E-state index < -0.39 is 0 Å². The van der Waals surface area contributed by atoms with Crippen LogP contribution in [-0.4, -0.2) is 9.55 Å². The minimum Gasteiger partial charge on any atom is -0.459 e. The third-order valence-electron chi connectivity index (χ3n) is 5.92. The standard InChI is InChI=1S/C26H16N2OS/c1-4-11-24-19(6-1)20-8-5-7-18(25(20)30-24)16-12-13-22-17(14-16)15-29-26-27-21-9-2-3-10-23(21)28(22)26/h1-14H,15H2. The van der Waals surface area contributed by atoms with Crippen molar-refractivity contribution in [1.82, 2.24) is 9.55 Å². The third kappa shape index (κ3) is 2.17. The topological polar surface area (TPSA) is 27.1 Å². The molecule has 0 amide bonds. The van der Waals surface area contributed by atoms with Crippen molar-refractivity contribution >= 4 is 42.5 Å². The number of para-hydroxylation sites is 2. The van der Waals surface area contributed by atoms with E-state index in [4.69, 9.17) is 4.74 Å². The van der Waals surface area contributed by atoms with Crippen LogP contribution in [0.5, 0.6) is 6.01 Å². The number of benzene rings is 4. The second-order valence-corrected chi connectivity index (χ2v) is 8.68. The molecule has 142 valence electrons. The summed E-state index contributed by atoms with van der Waals surface area (Å²) in [4.78, 5) is 4.64. The highest BCUT2D eigenvalue weighted by atomic mass is 32.1. The molecule has 0 saturated carbocycles. The summed E-state index contributed by atoms with van der Waals surface area (Å²) in [5, 5.41) is 2.65. The van der Waals surface area contributed by atoms with Gasteiger partial charge in [0.2, 0.25) is 0 Å². The normalized spacial score (nSPS) is 12.8. The Morgan fingerprint density at radius 1 is 0.833 bits per heavy atom.